The van der Waals surface area contributed by atoms with E-state index in [4.69, 9.17) is 9.26 Å². The summed E-state index contributed by atoms with van der Waals surface area (Å²) >= 11 is 0. The molecule has 8 nitrogen and oxygen atoms in total. The molecule has 2 saturated heterocycles. The highest BCUT2D eigenvalue weighted by Crippen LogP contribution is 2.19. The monoisotopic (exact) mass is 357 g/mol. The summed E-state index contributed by atoms with van der Waals surface area (Å²) in [4.78, 5) is 22.8. The number of ether oxygens (including phenoxy) is 1. The van der Waals surface area contributed by atoms with Crippen LogP contribution in [-0.2, 0) is 16.1 Å². The second-order valence-electron chi connectivity index (χ2n) is 6.74. The van der Waals surface area contributed by atoms with Gasteiger partial charge in [-0.15, -0.1) is 0 Å². The third-order valence-electron chi connectivity index (χ3n) is 4.94. The molecule has 26 heavy (non-hydrogen) atoms. The molecule has 0 spiro atoms. The van der Waals surface area contributed by atoms with Crippen LogP contribution in [0.15, 0.2) is 29.0 Å². The number of piperidine rings is 1. The van der Waals surface area contributed by atoms with Gasteiger partial charge in [-0.05, 0) is 44.4 Å². The van der Waals surface area contributed by atoms with Gasteiger partial charge < -0.3 is 19.5 Å². The lowest BCUT2D eigenvalue weighted by atomic mass is 10.1. The molecule has 2 aromatic rings. The van der Waals surface area contributed by atoms with E-state index >= 15 is 0 Å². The number of carbonyl (C=O) groups excluding carboxylic acids is 1. The van der Waals surface area contributed by atoms with Crippen molar-refractivity contribution in [1.82, 2.24) is 25.3 Å². The Morgan fingerprint density at radius 1 is 1.35 bits per heavy atom. The summed E-state index contributed by atoms with van der Waals surface area (Å²) in [5.41, 5.74) is 0.815. The number of nitrogens with zero attached hydrogens (tertiary/aromatic N) is 4. The fourth-order valence-corrected chi connectivity index (χ4v) is 3.47. The maximum absolute atomic E-state index is 12.4. The van der Waals surface area contributed by atoms with Crippen LogP contribution in [0, 0.1) is 0 Å². The fraction of sp³-hybridized carbons (Fsp3) is 0.556. The van der Waals surface area contributed by atoms with Crippen molar-refractivity contribution >= 4 is 5.91 Å². The average molecular weight is 357 g/mol. The molecule has 4 rings (SSSR count). The average Bonchev–Trinajstić information content (AvgIpc) is 3.39. The van der Waals surface area contributed by atoms with Crippen molar-refractivity contribution in [3.05, 3.63) is 30.4 Å². The number of likely N-dealkylation sites (tertiary alicyclic amines) is 1. The molecule has 8 heteroatoms. The molecule has 4 heterocycles. The number of aromatic nitrogens is 3. The van der Waals surface area contributed by atoms with Crippen LogP contribution in [0.1, 0.15) is 31.6 Å². The molecule has 2 aromatic heterocycles. The van der Waals surface area contributed by atoms with Crippen molar-refractivity contribution in [3.63, 3.8) is 0 Å². The highest BCUT2D eigenvalue weighted by Gasteiger charge is 2.30. The lowest BCUT2D eigenvalue weighted by molar-refractivity contribution is -0.136. The first-order chi connectivity index (χ1) is 12.8. The number of hydrogen-bond acceptors (Lipinski definition) is 7. The minimum Gasteiger partial charge on any atom is -0.368 e. The first-order valence-corrected chi connectivity index (χ1v) is 9.16. The summed E-state index contributed by atoms with van der Waals surface area (Å²) in [6.07, 6.45) is 7.22. The van der Waals surface area contributed by atoms with Gasteiger partial charge in [-0.1, -0.05) is 5.16 Å². The number of hydrogen-bond donors (Lipinski definition) is 1. The number of rotatable bonds is 5. The molecule has 0 saturated carbocycles. The number of carbonyl (C=O) groups is 1. The van der Waals surface area contributed by atoms with E-state index < -0.39 is 0 Å². The molecule has 2 aliphatic heterocycles. The molecule has 0 aromatic carbocycles. The first kappa shape index (κ1) is 17.1. The second kappa shape index (κ2) is 7.92. The number of pyridine rings is 1. The first-order valence-electron chi connectivity index (χ1n) is 9.16. The van der Waals surface area contributed by atoms with Gasteiger partial charge in [0.2, 0.25) is 11.7 Å². The van der Waals surface area contributed by atoms with Gasteiger partial charge in [-0.25, -0.2) is 0 Å². The maximum Gasteiger partial charge on any atom is 0.252 e. The van der Waals surface area contributed by atoms with Crippen molar-refractivity contribution in [2.75, 3.05) is 19.6 Å². The summed E-state index contributed by atoms with van der Waals surface area (Å²) in [7, 11) is 0. The number of nitrogens with one attached hydrogen (secondary N) is 1. The molecule has 2 fully saturated rings. The standard InChI is InChI=1S/C18H23N5O3/c24-18(15-4-2-8-20-15)23-9-5-14(6-10-23)25-12-16-21-17(22-26-16)13-3-1-7-19-11-13/h1,3,7,11,14-15,20H,2,4-6,8-10,12H2. The zero-order chi connectivity index (χ0) is 17.8. The van der Waals surface area contributed by atoms with E-state index in [9.17, 15) is 4.79 Å². The van der Waals surface area contributed by atoms with Gasteiger partial charge in [-0.3, -0.25) is 9.78 Å². The van der Waals surface area contributed by atoms with Crippen LogP contribution in [-0.4, -0.2) is 57.7 Å². The summed E-state index contributed by atoms with van der Waals surface area (Å²) in [5, 5.41) is 7.24. The predicted molar refractivity (Wildman–Crippen MR) is 92.9 cm³/mol. The normalized spacial score (nSPS) is 21.2. The Balaban J connectivity index is 1.24. The Hall–Kier alpha value is -2.32. The van der Waals surface area contributed by atoms with Gasteiger partial charge in [0.1, 0.15) is 6.61 Å². The third-order valence-corrected chi connectivity index (χ3v) is 4.94. The highest BCUT2D eigenvalue weighted by atomic mass is 16.5. The van der Waals surface area contributed by atoms with Crippen molar-refractivity contribution in [1.29, 1.82) is 0 Å². The SMILES string of the molecule is O=C(C1CCCN1)N1CCC(OCc2nc(-c3cccnc3)no2)CC1. The summed E-state index contributed by atoms with van der Waals surface area (Å²) in [5.74, 6) is 1.21. The molecule has 2 aliphatic rings. The van der Waals surface area contributed by atoms with E-state index in [2.05, 4.69) is 20.4 Å². The molecule has 0 aliphatic carbocycles. The molecule has 1 N–H and O–H groups in total. The maximum atomic E-state index is 12.4. The molecule has 0 bridgehead atoms. The van der Waals surface area contributed by atoms with E-state index in [0.717, 1.165) is 50.9 Å². The van der Waals surface area contributed by atoms with Crippen LogP contribution >= 0.6 is 0 Å². The Labute approximate surface area is 151 Å². The lowest BCUT2D eigenvalue weighted by Crippen LogP contribution is -2.48. The van der Waals surface area contributed by atoms with Crippen LogP contribution in [0.5, 0.6) is 0 Å². The van der Waals surface area contributed by atoms with Crippen LogP contribution in [0.25, 0.3) is 11.4 Å². The summed E-state index contributed by atoms with van der Waals surface area (Å²) < 4.78 is 11.2. The summed E-state index contributed by atoms with van der Waals surface area (Å²) in [6.45, 7) is 2.72. The Bertz CT molecular complexity index is 721. The molecule has 1 atom stereocenters. The van der Waals surface area contributed by atoms with Crippen molar-refractivity contribution in [2.24, 2.45) is 0 Å². The highest BCUT2D eigenvalue weighted by molar-refractivity contribution is 5.82. The molecule has 138 valence electrons. The van der Waals surface area contributed by atoms with E-state index in [0.29, 0.717) is 11.7 Å². The minimum atomic E-state index is 0.0109. The van der Waals surface area contributed by atoms with E-state index in [1.54, 1.807) is 12.4 Å². The lowest BCUT2D eigenvalue weighted by Gasteiger charge is -2.33. The molecular formula is C18H23N5O3. The summed E-state index contributed by atoms with van der Waals surface area (Å²) in [6, 6.07) is 3.73. The Morgan fingerprint density at radius 2 is 2.23 bits per heavy atom. The third kappa shape index (κ3) is 3.91. The molecular weight excluding hydrogens is 334 g/mol. The van der Waals surface area contributed by atoms with Gasteiger partial charge in [-0.2, -0.15) is 4.98 Å². The van der Waals surface area contributed by atoms with Crippen LogP contribution < -0.4 is 5.32 Å². The van der Waals surface area contributed by atoms with E-state index in [1.165, 1.54) is 0 Å². The van der Waals surface area contributed by atoms with Gasteiger partial charge in [0.15, 0.2) is 0 Å². The number of amides is 1. The van der Waals surface area contributed by atoms with E-state index in [1.807, 2.05) is 17.0 Å². The zero-order valence-corrected chi connectivity index (χ0v) is 14.6. The molecule has 1 amide bonds. The fourth-order valence-electron chi connectivity index (χ4n) is 3.47. The van der Waals surface area contributed by atoms with Crippen LogP contribution in [0.4, 0.5) is 0 Å². The molecule has 1 unspecified atom stereocenters. The van der Waals surface area contributed by atoms with Gasteiger partial charge in [0, 0.05) is 31.0 Å². The van der Waals surface area contributed by atoms with Crippen LogP contribution in [0.3, 0.4) is 0 Å². The van der Waals surface area contributed by atoms with Gasteiger partial charge in [0.25, 0.3) is 5.89 Å². The van der Waals surface area contributed by atoms with E-state index in [-0.39, 0.29) is 24.7 Å². The quantitative estimate of drug-likeness (QED) is 0.864. The topological polar surface area (TPSA) is 93.4 Å². The van der Waals surface area contributed by atoms with Gasteiger partial charge >= 0.3 is 0 Å². The Kier molecular flexibility index (Phi) is 5.21. The van der Waals surface area contributed by atoms with Crippen molar-refractivity contribution < 1.29 is 14.1 Å². The van der Waals surface area contributed by atoms with Crippen LogP contribution in [0.2, 0.25) is 0 Å². The van der Waals surface area contributed by atoms with Crippen molar-refractivity contribution in [3.8, 4) is 11.4 Å². The Morgan fingerprint density at radius 3 is 2.96 bits per heavy atom. The second-order valence-corrected chi connectivity index (χ2v) is 6.74. The minimum absolute atomic E-state index is 0.0109. The largest absolute Gasteiger partial charge is 0.368 e. The van der Waals surface area contributed by atoms with Gasteiger partial charge in [0.05, 0.1) is 12.1 Å². The zero-order valence-electron chi connectivity index (χ0n) is 14.6. The smallest absolute Gasteiger partial charge is 0.252 e. The van der Waals surface area contributed by atoms with Crippen molar-refractivity contribution in [2.45, 2.75) is 44.4 Å². The molecule has 0 radical (unpaired) electrons. The predicted octanol–water partition coefficient (Wildman–Crippen LogP) is 1.39.